The highest BCUT2D eigenvalue weighted by Gasteiger charge is 2.21. The highest BCUT2D eigenvalue weighted by Crippen LogP contribution is 2.16. The molecule has 4 nitrogen and oxygen atoms in total. The molecule has 0 bridgehead atoms. The molecular weight excluding hydrogens is 216 g/mol. The molecule has 100 valence electrons. The van der Waals surface area contributed by atoms with E-state index in [1.807, 2.05) is 4.90 Å². The SMILES string of the molecule is CC(C)CCCNC(=O)N1CCC(CO)CC1. The number of piperidine rings is 1. The summed E-state index contributed by atoms with van der Waals surface area (Å²) in [7, 11) is 0. The lowest BCUT2D eigenvalue weighted by Gasteiger charge is -2.31. The van der Waals surface area contributed by atoms with Crippen LogP contribution in [0, 0.1) is 11.8 Å². The molecule has 0 aromatic rings. The first-order valence-electron chi connectivity index (χ1n) is 6.77. The van der Waals surface area contributed by atoms with Crippen LogP contribution in [0.5, 0.6) is 0 Å². The fourth-order valence-corrected chi connectivity index (χ4v) is 2.14. The number of likely N-dealkylation sites (tertiary alicyclic amines) is 1. The molecule has 0 aliphatic carbocycles. The van der Waals surface area contributed by atoms with Gasteiger partial charge in [0.2, 0.25) is 0 Å². The number of nitrogens with zero attached hydrogens (tertiary/aromatic N) is 1. The fraction of sp³-hybridized carbons (Fsp3) is 0.923. The maximum Gasteiger partial charge on any atom is 0.317 e. The summed E-state index contributed by atoms with van der Waals surface area (Å²) in [6.45, 7) is 6.98. The van der Waals surface area contributed by atoms with Crippen LogP contribution in [0.3, 0.4) is 0 Å². The van der Waals surface area contributed by atoms with Crippen LogP contribution in [0.15, 0.2) is 0 Å². The molecule has 1 rings (SSSR count). The Hall–Kier alpha value is -0.770. The molecule has 17 heavy (non-hydrogen) atoms. The Labute approximate surface area is 104 Å². The van der Waals surface area contributed by atoms with Gasteiger partial charge in [-0.3, -0.25) is 0 Å². The van der Waals surface area contributed by atoms with Gasteiger partial charge < -0.3 is 15.3 Å². The van der Waals surface area contributed by atoms with E-state index in [2.05, 4.69) is 19.2 Å². The number of urea groups is 1. The minimum Gasteiger partial charge on any atom is -0.396 e. The van der Waals surface area contributed by atoms with Crippen LogP contribution in [0.1, 0.15) is 39.5 Å². The number of carbonyl (C=O) groups is 1. The van der Waals surface area contributed by atoms with E-state index in [0.29, 0.717) is 11.8 Å². The Morgan fingerprint density at radius 1 is 1.41 bits per heavy atom. The molecule has 2 amide bonds. The monoisotopic (exact) mass is 242 g/mol. The first-order chi connectivity index (χ1) is 8.13. The molecular formula is C13H26N2O2. The second-order valence-electron chi connectivity index (χ2n) is 5.38. The van der Waals surface area contributed by atoms with Gasteiger partial charge in [-0.15, -0.1) is 0 Å². The quantitative estimate of drug-likeness (QED) is 0.723. The summed E-state index contributed by atoms with van der Waals surface area (Å²) in [5, 5.41) is 12.0. The predicted octanol–water partition coefficient (Wildman–Crippen LogP) is 1.84. The fourth-order valence-electron chi connectivity index (χ4n) is 2.14. The molecule has 4 heteroatoms. The topological polar surface area (TPSA) is 52.6 Å². The molecule has 0 atom stereocenters. The average Bonchev–Trinajstić information content (AvgIpc) is 2.34. The number of hydrogen-bond acceptors (Lipinski definition) is 2. The molecule has 2 N–H and O–H groups in total. The molecule has 0 spiro atoms. The molecule has 1 aliphatic heterocycles. The van der Waals surface area contributed by atoms with E-state index in [-0.39, 0.29) is 12.6 Å². The summed E-state index contributed by atoms with van der Waals surface area (Å²) in [5.41, 5.74) is 0. The highest BCUT2D eigenvalue weighted by atomic mass is 16.3. The lowest BCUT2D eigenvalue weighted by molar-refractivity contribution is 0.137. The molecule has 1 heterocycles. The Kier molecular flexibility index (Phi) is 6.34. The number of carbonyl (C=O) groups excluding carboxylic acids is 1. The molecule has 0 saturated carbocycles. The van der Waals surface area contributed by atoms with Crippen LogP contribution in [-0.4, -0.2) is 42.3 Å². The van der Waals surface area contributed by atoms with Gasteiger partial charge in [0.1, 0.15) is 0 Å². The maximum absolute atomic E-state index is 11.8. The third-order valence-electron chi connectivity index (χ3n) is 3.39. The van der Waals surface area contributed by atoms with Crippen molar-refractivity contribution in [1.82, 2.24) is 10.2 Å². The normalized spacial score (nSPS) is 17.5. The van der Waals surface area contributed by atoms with E-state index in [0.717, 1.165) is 45.3 Å². The van der Waals surface area contributed by atoms with Crippen molar-refractivity contribution in [3.05, 3.63) is 0 Å². The van der Waals surface area contributed by atoms with Crippen LogP contribution in [0.25, 0.3) is 0 Å². The molecule has 0 radical (unpaired) electrons. The smallest absolute Gasteiger partial charge is 0.317 e. The number of aliphatic hydroxyl groups is 1. The molecule has 1 saturated heterocycles. The van der Waals surface area contributed by atoms with E-state index in [1.54, 1.807) is 0 Å². The van der Waals surface area contributed by atoms with Gasteiger partial charge in [0, 0.05) is 26.2 Å². The summed E-state index contributed by atoms with van der Waals surface area (Å²) in [6, 6.07) is 0.0603. The van der Waals surface area contributed by atoms with Crippen LogP contribution >= 0.6 is 0 Å². The van der Waals surface area contributed by atoms with Crippen molar-refractivity contribution in [2.24, 2.45) is 11.8 Å². The zero-order valence-corrected chi connectivity index (χ0v) is 11.1. The average molecular weight is 242 g/mol. The van der Waals surface area contributed by atoms with Crippen molar-refractivity contribution in [1.29, 1.82) is 0 Å². The number of rotatable bonds is 5. The highest BCUT2D eigenvalue weighted by molar-refractivity contribution is 5.74. The second kappa shape index (κ2) is 7.54. The number of aliphatic hydroxyl groups excluding tert-OH is 1. The van der Waals surface area contributed by atoms with E-state index < -0.39 is 0 Å². The summed E-state index contributed by atoms with van der Waals surface area (Å²) < 4.78 is 0. The van der Waals surface area contributed by atoms with Gasteiger partial charge in [-0.25, -0.2) is 4.79 Å². The maximum atomic E-state index is 11.8. The molecule has 1 aliphatic rings. The summed E-state index contributed by atoms with van der Waals surface area (Å²) in [6.07, 6.45) is 4.06. The Bertz CT molecular complexity index is 223. The predicted molar refractivity (Wildman–Crippen MR) is 68.9 cm³/mol. The third kappa shape index (κ3) is 5.39. The van der Waals surface area contributed by atoms with Crippen LogP contribution in [0.4, 0.5) is 4.79 Å². The van der Waals surface area contributed by atoms with Crippen LogP contribution < -0.4 is 5.32 Å². The van der Waals surface area contributed by atoms with Crippen molar-refractivity contribution in [3.63, 3.8) is 0 Å². The lowest BCUT2D eigenvalue weighted by atomic mass is 9.98. The lowest BCUT2D eigenvalue weighted by Crippen LogP contribution is -2.45. The van der Waals surface area contributed by atoms with Crippen molar-refractivity contribution < 1.29 is 9.90 Å². The molecule has 0 unspecified atom stereocenters. The van der Waals surface area contributed by atoms with Gasteiger partial charge in [0.15, 0.2) is 0 Å². The van der Waals surface area contributed by atoms with Crippen LogP contribution in [0.2, 0.25) is 0 Å². The van der Waals surface area contributed by atoms with E-state index >= 15 is 0 Å². The molecule has 1 fully saturated rings. The summed E-state index contributed by atoms with van der Waals surface area (Å²) in [5.74, 6) is 1.09. The van der Waals surface area contributed by atoms with Crippen molar-refractivity contribution >= 4 is 6.03 Å². The molecule has 0 aromatic carbocycles. The summed E-state index contributed by atoms with van der Waals surface area (Å²) in [4.78, 5) is 13.7. The first-order valence-corrected chi connectivity index (χ1v) is 6.77. The Morgan fingerprint density at radius 3 is 2.59 bits per heavy atom. The van der Waals surface area contributed by atoms with Crippen molar-refractivity contribution in [2.75, 3.05) is 26.2 Å². The zero-order valence-electron chi connectivity index (χ0n) is 11.1. The van der Waals surface area contributed by atoms with Gasteiger partial charge in [0.05, 0.1) is 0 Å². The standard InChI is InChI=1S/C13H26N2O2/c1-11(2)4-3-7-14-13(17)15-8-5-12(10-16)6-9-15/h11-12,16H,3-10H2,1-2H3,(H,14,17). The van der Waals surface area contributed by atoms with Crippen molar-refractivity contribution in [2.45, 2.75) is 39.5 Å². The minimum atomic E-state index is 0.0603. The van der Waals surface area contributed by atoms with E-state index in [1.165, 1.54) is 0 Å². The second-order valence-corrected chi connectivity index (χ2v) is 5.38. The number of amides is 2. The van der Waals surface area contributed by atoms with Gasteiger partial charge in [-0.2, -0.15) is 0 Å². The van der Waals surface area contributed by atoms with E-state index in [4.69, 9.17) is 5.11 Å². The molecule has 0 aromatic heterocycles. The van der Waals surface area contributed by atoms with E-state index in [9.17, 15) is 4.79 Å². The number of nitrogens with one attached hydrogen (secondary N) is 1. The zero-order chi connectivity index (χ0) is 12.7. The number of hydrogen-bond donors (Lipinski definition) is 2. The summed E-state index contributed by atoms with van der Waals surface area (Å²) >= 11 is 0. The third-order valence-corrected chi connectivity index (χ3v) is 3.39. The Morgan fingerprint density at radius 2 is 2.06 bits per heavy atom. The largest absolute Gasteiger partial charge is 0.396 e. The Balaban J connectivity index is 2.12. The van der Waals surface area contributed by atoms with Gasteiger partial charge in [0.25, 0.3) is 0 Å². The van der Waals surface area contributed by atoms with Gasteiger partial charge in [-0.05, 0) is 37.5 Å². The first kappa shape index (κ1) is 14.3. The van der Waals surface area contributed by atoms with Gasteiger partial charge >= 0.3 is 6.03 Å². The van der Waals surface area contributed by atoms with Crippen LogP contribution in [-0.2, 0) is 0 Å². The van der Waals surface area contributed by atoms with Gasteiger partial charge in [-0.1, -0.05) is 13.8 Å². The minimum absolute atomic E-state index is 0.0603. The van der Waals surface area contributed by atoms with Crippen molar-refractivity contribution in [3.8, 4) is 0 Å².